The highest BCUT2D eigenvalue weighted by Gasteiger charge is 2.17. The second-order valence-electron chi connectivity index (χ2n) is 9.03. The maximum atomic E-state index is 11.7. The van der Waals surface area contributed by atoms with Crippen molar-refractivity contribution in [2.24, 2.45) is 10.9 Å². The van der Waals surface area contributed by atoms with Gasteiger partial charge in [0.05, 0.1) is 0 Å². The van der Waals surface area contributed by atoms with Gasteiger partial charge in [-0.15, -0.1) is 0 Å². The summed E-state index contributed by atoms with van der Waals surface area (Å²) in [6.45, 7) is 13.0. The zero-order chi connectivity index (χ0) is 22.0. The highest BCUT2D eigenvalue weighted by Crippen LogP contribution is 2.19. The van der Waals surface area contributed by atoms with Crippen LogP contribution in [-0.4, -0.2) is 55.8 Å². The maximum absolute atomic E-state index is 11.7. The number of guanidine groups is 1. The summed E-state index contributed by atoms with van der Waals surface area (Å²) < 4.78 is 5.23. The number of hydrogen-bond acceptors (Lipinski definition) is 4. The molecule has 1 saturated heterocycles. The Balaban J connectivity index is 1.77. The van der Waals surface area contributed by atoms with Crippen molar-refractivity contribution in [3.63, 3.8) is 0 Å². The maximum Gasteiger partial charge on any atom is 0.407 e. The Morgan fingerprint density at radius 1 is 1.17 bits per heavy atom. The molecule has 0 radical (unpaired) electrons. The third-order valence-electron chi connectivity index (χ3n) is 5.01. The van der Waals surface area contributed by atoms with Crippen LogP contribution in [0.25, 0.3) is 0 Å². The number of rotatable bonds is 7. The van der Waals surface area contributed by atoms with Crippen LogP contribution in [0.15, 0.2) is 29.3 Å². The van der Waals surface area contributed by atoms with E-state index >= 15 is 0 Å². The number of amides is 1. The molecule has 2 rings (SSSR count). The molecule has 7 heteroatoms. The second-order valence-corrected chi connectivity index (χ2v) is 9.03. The van der Waals surface area contributed by atoms with Crippen LogP contribution in [0.2, 0.25) is 0 Å². The first-order valence-electron chi connectivity index (χ1n) is 11.0. The summed E-state index contributed by atoms with van der Waals surface area (Å²) >= 11 is 0. The number of carbonyl (C=O) groups is 1. The number of piperidine rings is 1. The minimum Gasteiger partial charge on any atom is -0.444 e. The van der Waals surface area contributed by atoms with Crippen molar-refractivity contribution in [3.8, 4) is 0 Å². The SMILES string of the molecule is CN=C(NCCNC(=O)OC(C)(C)C)NCc1ccccc1CN1CCCC(C)C1. The lowest BCUT2D eigenvalue weighted by Gasteiger charge is -2.31. The van der Waals surface area contributed by atoms with Crippen molar-refractivity contribution < 1.29 is 9.53 Å². The van der Waals surface area contributed by atoms with Crippen LogP contribution in [0, 0.1) is 5.92 Å². The number of alkyl carbamates (subject to hydrolysis) is 1. The zero-order valence-electron chi connectivity index (χ0n) is 19.3. The first-order chi connectivity index (χ1) is 14.3. The predicted molar refractivity (Wildman–Crippen MR) is 123 cm³/mol. The van der Waals surface area contributed by atoms with Crippen LogP contribution >= 0.6 is 0 Å². The van der Waals surface area contributed by atoms with E-state index in [0.29, 0.717) is 25.6 Å². The Labute approximate surface area is 181 Å². The van der Waals surface area contributed by atoms with E-state index < -0.39 is 11.7 Å². The number of nitrogens with zero attached hydrogens (tertiary/aromatic N) is 2. The van der Waals surface area contributed by atoms with E-state index in [9.17, 15) is 4.79 Å². The summed E-state index contributed by atoms with van der Waals surface area (Å²) in [4.78, 5) is 18.5. The minimum atomic E-state index is -0.491. The molecule has 1 amide bonds. The normalized spacial score (nSPS) is 18.0. The number of hydrogen-bond donors (Lipinski definition) is 3. The van der Waals surface area contributed by atoms with Crippen LogP contribution in [0.1, 0.15) is 51.7 Å². The van der Waals surface area contributed by atoms with Crippen molar-refractivity contribution in [1.82, 2.24) is 20.9 Å². The highest BCUT2D eigenvalue weighted by atomic mass is 16.6. The number of benzene rings is 1. The highest BCUT2D eigenvalue weighted by molar-refractivity contribution is 5.79. The molecule has 1 fully saturated rings. The molecule has 1 aliphatic rings. The van der Waals surface area contributed by atoms with E-state index in [1.807, 2.05) is 20.8 Å². The molecular weight excluding hydrogens is 378 g/mol. The quantitative estimate of drug-likeness (QED) is 0.361. The van der Waals surface area contributed by atoms with Crippen LogP contribution in [0.5, 0.6) is 0 Å². The lowest BCUT2D eigenvalue weighted by Crippen LogP contribution is -2.42. The summed E-state index contributed by atoms with van der Waals surface area (Å²) in [6, 6.07) is 8.59. The Kier molecular flexibility index (Phi) is 9.43. The molecule has 1 aromatic rings. The fraction of sp³-hybridized carbons (Fsp3) is 0.652. The van der Waals surface area contributed by atoms with Crippen molar-refractivity contribution in [2.45, 2.75) is 59.2 Å². The Morgan fingerprint density at radius 3 is 2.53 bits per heavy atom. The Bertz CT molecular complexity index is 699. The van der Waals surface area contributed by atoms with E-state index in [1.54, 1.807) is 7.05 Å². The molecule has 1 aliphatic heterocycles. The van der Waals surface area contributed by atoms with Gasteiger partial charge in [-0.3, -0.25) is 9.89 Å². The topological polar surface area (TPSA) is 78.0 Å². The van der Waals surface area contributed by atoms with E-state index in [1.165, 1.54) is 37.1 Å². The lowest BCUT2D eigenvalue weighted by atomic mass is 9.99. The second kappa shape index (κ2) is 11.8. The molecule has 7 nitrogen and oxygen atoms in total. The summed E-state index contributed by atoms with van der Waals surface area (Å²) in [6.07, 6.45) is 2.22. The van der Waals surface area contributed by atoms with Gasteiger partial charge >= 0.3 is 6.09 Å². The van der Waals surface area contributed by atoms with Gasteiger partial charge in [0.25, 0.3) is 0 Å². The molecular formula is C23H39N5O2. The molecule has 0 saturated carbocycles. The number of aliphatic imine (C=N–C) groups is 1. The van der Waals surface area contributed by atoms with Gasteiger partial charge in [-0.2, -0.15) is 0 Å². The first kappa shape index (κ1) is 24.0. The van der Waals surface area contributed by atoms with Crippen LogP contribution in [0.3, 0.4) is 0 Å². The molecule has 0 aliphatic carbocycles. The number of nitrogens with one attached hydrogen (secondary N) is 3. The first-order valence-corrected chi connectivity index (χ1v) is 11.0. The average Bonchev–Trinajstić information content (AvgIpc) is 2.67. The molecule has 168 valence electrons. The van der Waals surface area contributed by atoms with Crippen molar-refractivity contribution in [3.05, 3.63) is 35.4 Å². The molecule has 3 N–H and O–H groups in total. The van der Waals surface area contributed by atoms with Crippen molar-refractivity contribution in [1.29, 1.82) is 0 Å². The molecule has 1 unspecified atom stereocenters. The van der Waals surface area contributed by atoms with Gasteiger partial charge in [-0.25, -0.2) is 4.79 Å². The summed E-state index contributed by atoms with van der Waals surface area (Å²) in [5.41, 5.74) is 2.15. The number of carbonyl (C=O) groups excluding carboxylic acids is 1. The monoisotopic (exact) mass is 417 g/mol. The summed E-state index contributed by atoms with van der Waals surface area (Å²) in [5.74, 6) is 1.49. The third-order valence-corrected chi connectivity index (χ3v) is 5.01. The van der Waals surface area contributed by atoms with Crippen LogP contribution in [-0.2, 0) is 17.8 Å². The molecule has 1 aromatic carbocycles. The van der Waals surface area contributed by atoms with Gasteiger partial charge in [0.15, 0.2) is 5.96 Å². The van der Waals surface area contributed by atoms with Gasteiger partial charge in [0, 0.05) is 39.8 Å². The Morgan fingerprint density at radius 2 is 1.87 bits per heavy atom. The van der Waals surface area contributed by atoms with Gasteiger partial charge in [0.1, 0.15) is 5.60 Å². The van der Waals surface area contributed by atoms with E-state index in [-0.39, 0.29) is 0 Å². The van der Waals surface area contributed by atoms with E-state index in [0.717, 1.165) is 12.5 Å². The molecule has 0 bridgehead atoms. The van der Waals surface area contributed by atoms with E-state index in [2.05, 4.69) is 57.0 Å². The lowest BCUT2D eigenvalue weighted by molar-refractivity contribution is 0.0529. The van der Waals surface area contributed by atoms with Crippen molar-refractivity contribution >= 4 is 12.1 Å². The molecule has 0 spiro atoms. The molecule has 0 aromatic heterocycles. The summed E-state index contributed by atoms with van der Waals surface area (Å²) in [5, 5.41) is 9.34. The largest absolute Gasteiger partial charge is 0.444 e. The molecule has 1 atom stereocenters. The minimum absolute atomic E-state index is 0.409. The van der Waals surface area contributed by atoms with Crippen molar-refractivity contribution in [2.75, 3.05) is 33.2 Å². The smallest absolute Gasteiger partial charge is 0.407 e. The van der Waals surface area contributed by atoms with Crippen LogP contribution < -0.4 is 16.0 Å². The molecule has 30 heavy (non-hydrogen) atoms. The Hall–Kier alpha value is -2.28. The van der Waals surface area contributed by atoms with Crippen LogP contribution in [0.4, 0.5) is 4.79 Å². The van der Waals surface area contributed by atoms with E-state index in [4.69, 9.17) is 4.74 Å². The average molecular weight is 418 g/mol. The standard InChI is InChI=1S/C23H39N5O2/c1-18-9-8-14-28(16-18)17-20-11-7-6-10-19(20)15-27-21(24-5)25-12-13-26-22(29)30-23(2,3)4/h6-7,10-11,18H,8-9,12-17H2,1-5H3,(H,26,29)(H2,24,25,27). The molecule has 1 heterocycles. The fourth-order valence-corrected chi connectivity index (χ4v) is 3.61. The third kappa shape index (κ3) is 9.03. The van der Waals surface area contributed by atoms with Gasteiger partial charge < -0.3 is 20.7 Å². The van der Waals surface area contributed by atoms with Gasteiger partial charge in [0.2, 0.25) is 0 Å². The predicted octanol–water partition coefficient (Wildman–Crippen LogP) is 3.11. The van der Waals surface area contributed by atoms with Gasteiger partial charge in [-0.1, -0.05) is 31.2 Å². The number of likely N-dealkylation sites (tertiary alicyclic amines) is 1. The summed E-state index contributed by atoms with van der Waals surface area (Å²) in [7, 11) is 1.75. The zero-order valence-corrected chi connectivity index (χ0v) is 19.3. The van der Waals surface area contributed by atoms with Gasteiger partial charge in [-0.05, 0) is 57.2 Å². The number of ether oxygens (including phenoxy) is 1. The fourth-order valence-electron chi connectivity index (χ4n) is 3.61.